The fraction of sp³-hybridized carbons (Fsp3) is 0.353. The number of methoxy groups -OCH3 is 1. The van der Waals surface area contributed by atoms with Crippen molar-refractivity contribution in [3.8, 4) is 5.75 Å². The molecule has 3 rings (SSSR count). The Hall–Kier alpha value is -2.83. The molecule has 1 aliphatic heterocycles. The van der Waals surface area contributed by atoms with Crippen LogP contribution in [-0.4, -0.2) is 45.3 Å². The van der Waals surface area contributed by atoms with Gasteiger partial charge in [-0.3, -0.25) is 9.48 Å². The SMILES string of the molecule is COc1ccc(Cn2nc(C(=O)O)c3c2CCN(C(C)=O)C3)cc1. The van der Waals surface area contributed by atoms with Gasteiger partial charge in [0.1, 0.15) is 5.75 Å². The summed E-state index contributed by atoms with van der Waals surface area (Å²) in [5.74, 6) is -0.352. The number of ether oxygens (including phenoxy) is 1. The molecule has 0 saturated carbocycles. The van der Waals surface area contributed by atoms with E-state index in [4.69, 9.17) is 4.74 Å². The van der Waals surface area contributed by atoms with Crippen LogP contribution in [0.15, 0.2) is 24.3 Å². The fourth-order valence-electron chi connectivity index (χ4n) is 2.97. The van der Waals surface area contributed by atoms with Gasteiger partial charge >= 0.3 is 5.97 Å². The summed E-state index contributed by atoms with van der Waals surface area (Å²) in [5.41, 5.74) is 2.56. The lowest BCUT2D eigenvalue weighted by Gasteiger charge is -2.26. The average Bonchev–Trinajstić information content (AvgIpc) is 2.93. The second kappa shape index (κ2) is 6.35. The third kappa shape index (κ3) is 2.97. The first-order valence-electron chi connectivity index (χ1n) is 7.70. The molecule has 1 aromatic heterocycles. The summed E-state index contributed by atoms with van der Waals surface area (Å²) in [6, 6.07) is 7.58. The number of carbonyl (C=O) groups excluding carboxylic acids is 1. The standard InChI is InChI=1S/C17H19N3O4/c1-11(21)19-8-7-15-14(10-19)16(17(22)23)18-20(15)9-12-3-5-13(24-2)6-4-12/h3-6H,7-10H2,1-2H3,(H,22,23). The first kappa shape index (κ1) is 16.0. The van der Waals surface area contributed by atoms with Crippen LogP contribution in [0.4, 0.5) is 0 Å². The first-order valence-corrected chi connectivity index (χ1v) is 7.70. The van der Waals surface area contributed by atoms with E-state index in [1.165, 1.54) is 6.92 Å². The number of carbonyl (C=O) groups is 2. The minimum atomic E-state index is -1.06. The maximum atomic E-state index is 11.6. The monoisotopic (exact) mass is 329 g/mol. The van der Waals surface area contributed by atoms with Gasteiger partial charge in [-0.25, -0.2) is 4.79 Å². The Kier molecular flexibility index (Phi) is 4.24. The van der Waals surface area contributed by atoms with Gasteiger partial charge in [0.15, 0.2) is 5.69 Å². The Morgan fingerprint density at radius 2 is 2.00 bits per heavy atom. The van der Waals surface area contributed by atoms with Crippen molar-refractivity contribution in [1.29, 1.82) is 0 Å². The number of benzene rings is 1. The average molecular weight is 329 g/mol. The Balaban J connectivity index is 1.93. The molecule has 1 aliphatic rings. The zero-order chi connectivity index (χ0) is 17.3. The van der Waals surface area contributed by atoms with Gasteiger partial charge in [0.25, 0.3) is 0 Å². The smallest absolute Gasteiger partial charge is 0.356 e. The highest BCUT2D eigenvalue weighted by molar-refractivity contribution is 5.87. The number of fused-ring (bicyclic) bond motifs is 1. The van der Waals surface area contributed by atoms with Gasteiger partial charge in [-0.05, 0) is 17.7 Å². The maximum absolute atomic E-state index is 11.6. The largest absolute Gasteiger partial charge is 0.497 e. The predicted octanol–water partition coefficient (Wildman–Crippen LogP) is 1.54. The van der Waals surface area contributed by atoms with E-state index in [1.807, 2.05) is 24.3 Å². The van der Waals surface area contributed by atoms with Crippen molar-refractivity contribution in [2.75, 3.05) is 13.7 Å². The van der Waals surface area contributed by atoms with E-state index in [9.17, 15) is 14.7 Å². The van der Waals surface area contributed by atoms with Gasteiger partial charge in [-0.15, -0.1) is 0 Å². The molecule has 0 saturated heterocycles. The summed E-state index contributed by atoms with van der Waals surface area (Å²) < 4.78 is 6.88. The zero-order valence-electron chi connectivity index (χ0n) is 13.7. The molecule has 1 N–H and O–H groups in total. The molecule has 126 valence electrons. The van der Waals surface area contributed by atoms with Crippen LogP contribution in [0.3, 0.4) is 0 Å². The number of aromatic nitrogens is 2. The molecule has 1 aromatic carbocycles. The molecule has 0 unspecified atom stereocenters. The van der Waals surface area contributed by atoms with Gasteiger partial charge in [0.2, 0.25) is 5.91 Å². The lowest BCUT2D eigenvalue weighted by Crippen LogP contribution is -2.35. The van der Waals surface area contributed by atoms with Gasteiger partial charge in [0, 0.05) is 37.7 Å². The summed E-state index contributed by atoms with van der Waals surface area (Å²) in [6.07, 6.45) is 0.603. The van der Waals surface area contributed by atoms with Crippen molar-refractivity contribution in [1.82, 2.24) is 14.7 Å². The van der Waals surface area contributed by atoms with E-state index in [0.717, 1.165) is 17.0 Å². The van der Waals surface area contributed by atoms with Crippen LogP contribution in [0, 0.1) is 0 Å². The van der Waals surface area contributed by atoms with E-state index in [0.29, 0.717) is 31.6 Å². The Labute approximate surface area is 139 Å². The molecule has 1 amide bonds. The summed E-state index contributed by atoms with van der Waals surface area (Å²) in [6.45, 7) is 2.86. The molecule has 2 aromatic rings. The highest BCUT2D eigenvalue weighted by atomic mass is 16.5. The number of aromatic carboxylic acids is 1. The van der Waals surface area contributed by atoms with E-state index in [-0.39, 0.29) is 11.6 Å². The zero-order valence-corrected chi connectivity index (χ0v) is 13.7. The molecule has 0 atom stereocenters. The normalized spacial score (nSPS) is 13.5. The number of nitrogens with zero attached hydrogens (tertiary/aromatic N) is 3. The van der Waals surface area contributed by atoms with Crippen LogP contribution in [0.5, 0.6) is 5.75 Å². The first-order chi connectivity index (χ1) is 11.5. The van der Waals surface area contributed by atoms with E-state index < -0.39 is 5.97 Å². The predicted molar refractivity (Wildman–Crippen MR) is 86.1 cm³/mol. The van der Waals surface area contributed by atoms with Crippen LogP contribution in [-0.2, 0) is 24.3 Å². The quantitative estimate of drug-likeness (QED) is 0.920. The lowest BCUT2D eigenvalue weighted by molar-refractivity contribution is -0.129. The number of hydrogen-bond acceptors (Lipinski definition) is 4. The minimum Gasteiger partial charge on any atom is -0.497 e. The van der Waals surface area contributed by atoms with Crippen LogP contribution in [0.2, 0.25) is 0 Å². The highest BCUT2D eigenvalue weighted by Crippen LogP contribution is 2.24. The van der Waals surface area contributed by atoms with Crippen molar-refractivity contribution >= 4 is 11.9 Å². The van der Waals surface area contributed by atoms with Gasteiger partial charge in [0.05, 0.1) is 13.7 Å². The van der Waals surface area contributed by atoms with Crippen LogP contribution < -0.4 is 4.74 Å². The third-order valence-corrected chi connectivity index (χ3v) is 4.27. The van der Waals surface area contributed by atoms with Crippen molar-refractivity contribution in [2.45, 2.75) is 26.4 Å². The maximum Gasteiger partial charge on any atom is 0.356 e. The van der Waals surface area contributed by atoms with Crippen molar-refractivity contribution in [2.24, 2.45) is 0 Å². The topological polar surface area (TPSA) is 84.7 Å². The summed E-state index contributed by atoms with van der Waals surface area (Å²) in [5, 5.41) is 13.7. The molecule has 0 bridgehead atoms. The number of rotatable bonds is 4. The van der Waals surface area contributed by atoms with E-state index in [1.54, 1.807) is 16.7 Å². The minimum absolute atomic E-state index is 0.0319. The third-order valence-electron chi connectivity index (χ3n) is 4.27. The molecule has 0 spiro atoms. The van der Waals surface area contributed by atoms with Crippen molar-refractivity contribution in [3.63, 3.8) is 0 Å². The number of carboxylic acid groups (broad SMARTS) is 1. The second-order valence-electron chi connectivity index (χ2n) is 5.78. The fourth-order valence-corrected chi connectivity index (χ4v) is 2.97. The molecule has 7 heteroatoms. The van der Waals surface area contributed by atoms with Gasteiger partial charge < -0.3 is 14.7 Å². The van der Waals surface area contributed by atoms with E-state index in [2.05, 4.69) is 5.10 Å². The molecular weight excluding hydrogens is 310 g/mol. The van der Waals surface area contributed by atoms with Crippen LogP contribution in [0.25, 0.3) is 0 Å². The molecule has 2 heterocycles. The lowest BCUT2D eigenvalue weighted by atomic mass is 10.0. The number of amides is 1. The number of carboxylic acids is 1. The second-order valence-corrected chi connectivity index (χ2v) is 5.78. The Morgan fingerprint density at radius 3 is 2.58 bits per heavy atom. The molecule has 0 radical (unpaired) electrons. The summed E-state index contributed by atoms with van der Waals surface area (Å²) >= 11 is 0. The highest BCUT2D eigenvalue weighted by Gasteiger charge is 2.28. The van der Waals surface area contributed by atoms with E-state index >= 15 is 0 Å². The molecule has 0 fully saturated rings. The summed E-state index contributed by atoms with van der Waals surface area (Å²) in [7, 11) is 1.61. The van der Waals surface area contributed by atoms with Crippen molar-refractivity contribution < 1.29 is 19.4 Å². The molecule has 0 aliphatic carbocycles. The molecular formula is C17H19N3O4. The van der Waals surface area contributed by atoms with Gasteiger partial charge in [-0.1, -0.05) is 12.1 Å². The Morgan fingerprint density at radius 1 is 1.29 bits per heavy atom. The van der Waals surface area contributed by atoms with Gasteiger partial charge in [-0.2, -0.15) is 5.10 Å². The molecule has 24 heavy (non-hydrogen) atoms. The Bertz CT molecular complexity index is 780. The summed E-state index contributed by atoms with van der Waals surface area (Å²) in [4.78, 5) is 24.7. The van der Waals surface area contributed by atoms with Crippen molar-refractivity contribution in [3.05, 3.63) is 46.8 Å². The molecule has 7 nitrogen and oxygen atoms in total. The van der Waals surface area contributed by atoms with Crippen LogP contribution >= 0.6 is 0 Å². The van der Waals surface area contributed by atoms with Crippen LogP contribution in [0.1, 0.15) is 34.2 Å². The number of hydrogen-bond donors (Lipinski definition) is 1.